The molecular formula is C30H29NO5. The van der Waals surface area contributed by atoms with E-state index in [1.165, 1.54) is 11.1 Å². The number of rotatable bonds is 4. The Labute approximate surface area is 210 Å². The number of esters is 2. The summed E-state index contributed by atoms with van der Waals surface area (Å²) in [5.41, 5.74) is 9.90. The zero-order valence-electron chi connectivity index (χ0n) is 20.5. The van der Waals surface area contributed by atoms with Crippen LogP contribution in [0.5, 0.6) is 0 Å². The van der Waals surface area contributed by atoms with Crippen LogP contribution in [0.25, 0.3) is 11.1 Å². The van der Waals surface area contributed by atoms with Gasteiger partial charge in [0, 0.05) is 31.6 Å². The largest absolute Gasteiger partial charge is 0.459 e. The van der Waals surface area contributed by atoms with Crippen LogP contribution >= 0.6 is 0 Å². The normalized spacial score (nSPS) is 19.7. The van der Waals surface area contributed by atoms with Crippen LogP contribution in [0.4, 0.5) is 0 Å². The van der Waals surface area contributed by atoms with Crippen molar-refractivity contribution in [3.63, 3.8) is 0 Å². The topological polar surface area (TPSA) is 76.1 Å². The molecule has 3 aromatic carbocycles. The van der Waals surface area contributed by atoms with Gasteiger partial charge in [-0.05, 0) is 71.3 Å². The van der Waals surface area contributed by atoms with E-state index in [1.807, 2.05) is 32.0 Å². The summed E-state index contributed by atoms with van der Waals surface area (Å²) in [7, 11) is 0. The van der Waals surface area contributed by atoms with Crippen molar-refractivity contribution in [1.29, 1.82) is 0 Å². The predicted octanol–water partition coefficient (Wildman–Crippen LogP) is 4.53. The number of nitrogens with zero attached hydrogens (tertiary/aromatic N) is 1. The van der Waals surface area contributed by atoms with Crippen molar-refractivity contribution in [3.8, 4) is 11.1 Å². The lowest BCUT2D eigenvalue weighted by Gasteiger charge is -2.31. The Bertz CT molecular complexity index is 1390. The molecule has 0 saturated carbocycles. The van der Waals surface area contributed by atoms with E-state index >= 15 is 0 Å². The first kappa shape index (κ1) is 23.0. The first-order valence-corrected chi connectivity index (χ1v) is 12.5. The Morgan fingerprint density at radius 1 is 0.972 bits per heavy atom. The summed E-state index contributed by atoms with van der Waals surface area (Å²) >= 11 is 0. The second kappa shape index (κ2) is 8.87. The second-order valence-electron chi connectivity index (χ2n) is 10.2. The van der Waals surface area contributed by atoms with Crippen LogP contribution in [0.2, 0.25) is 0 Å². The summed E-state index contributed by atoms with van der Waals surface area (Å²) in [5.74, 6) is -0.520. The van der Waals surface area contributed by atoms with Crippen LogP contribution in [0.1, 0.15) is 67.1 Å². The molecular weight excluding hydrogens is 454 g/mol. The van der Waals surface area contributed by atoms with Crippen LogP contribution in [0.15, 0.2) is 48.5 Å². The van der Waals surface area contributed by atoms with Crippen molar-refractivity contribution >= 4 is 11.9 Å². The maximum atomic E-state index is 12.2. The lowest BCUT2D eigenvalue weighted by molar-refractivity contribution is 0.0301. The molecule has 3 aromatic rings. The van der Waals surface area contributed by atoms with Gasteiger partial charge >= 0.3 is 11.9 Å². The summed E-state index contributed by atoms with van der Waals surface area (Å²) in [6, 6.07) is 16.2. The highest BCUT2D eigenvalue weighted by Gasteiger charge is 2.27. The molecule has 0 unspecified atom stereocenters. The standard InChI is InChI=1S/C30H29NO5/c1-17-11-23-13-20(5-6-25(23)30(34)36-17)19-3-4-22-14-31(10-9-21(22)12-19)15-28(32)24-7-8-26-27(18(24)2)16-35-29(26)33/h3-8,12-13,17,28,32H,9-11,14-16H2,1-2H3/t17-,28+/m0/s1. The van der Waals surface area contributed by atoms with Gasteiger partial charge in [0.2, 0.25) is 0 Å². The summed E-state index contributed by atoms with van der Waals surface area (Å²) in [6.07, 6.45) is 0.929. The van der Waals surface area contributed by atoms with Crippen LogP contribution < -0.4 is 0 Å². The highest BCUT2D eigenvalue weighted by Crippen LogP contribution is 2.32. The third-order valence-corrected chi connectivity index (χ3v) is 7.77. The molecule has 0 radical (unpaired) electrons. The van der Waals surface area contributed by atoms with E-state index < -0.39 is 6.10 Å². The zero-order chi connectivity index (χ0) is 25.0. The van der Waals surface area contributed by atoms with E-state index in [0.717, 1.165) is 59.3 Å². The fraction of sp³-hybridized carbons (Fsp3) is 0.333. The van der Waals surface area contributed by atoms with Gasteiger partial charge in [0.1, 0.15) is 12.7 Å². The molecule has 184 valence electrons. The third-order valence-electron chi connectivity index (χ3n) is 7.77. The monoisotopic (exact) mass is 483 g/mol. The fourth-order valence-electron chi connectivity index (χ4n) is 5.76. The van der Waals surface area contributed by atoms with Crippen molar-refractivity contribution in [3.05, 3.63) is 93.0 Å². The number of aliphatic hydroxyl groups excluding tert-OH is 1. The van der Waals surface area contributed by atoms with Crippen LogP contribution in [0, 0.1) is 6.92 Å². The van der Waals surface area contributed by atoms with E-state index in [4.69, 9.17) is 9.47 Å². The van der Waals surface area contributed by atoms with Crippen molar-refractivity contribution in [2.45, 2.75) is 52.0 Å². The molecule has 3 aliphatic rings. The van der Waals surface area contributed by atoms with Gasteiger partial charge < -0.3 is 14.6 Å². The van der Waals surface area contributed by atoms with Gasteiger partial charge in [-0.15, -0.1) is 0 Å². The lowest BCUT2D eigenvalue weighted by atomic mass is 9.91. The SMILES string of the molecule is Cc1c([C@H](O)CN2CCc3cc(-c4ccc5c(c4)C[C@H](C)OC5=O)ccc3C2)ccc2c1COC2=O. The minimum absolute atomic E-state index is 0.0958. The Morgan fingerprint density at radius 2 is 1.72 bits per heavy atom. The fourth-order valence-corrected chi connectivity index (χ4v) is 5.76. The van der Waals surface area contributed by atoms with E-state index in [0.29, 0.717) is 17.7 Å². The van der Waals surface area contributed by atoms with Gasteiger partial charge in [-0.2, -0.15) is 0 Å². The minimum Gasteiger partial charge on any atom is -0.459 e. The molecule has 3 aliphatic heterocycles. The number of cyclic esters (lactones) is 2. The number of benzene rings is 3. The molecule has 0 amide bonds. The van der Waals surface area contributed by atoms with Gasteiger partial charge in [0.25, 0.3) is 0 Å². The summed E-state index contributed by atoms with van der Waals surface area (Å²) < 4.78 is 10.5. The molecule has 2 atom stereocenters. The Hall–Kier alpha value is -3.48. The van der Waals surface area contributed by atoms with Gasteiger partial charge in [-0.25, -0.2) is 9.59 Å². The molecule has 1 N–H and O–H groups in total. The molecule has 3 heterocycles. The maximum absolute atomic E-state index is 12.2. The average molecular weight is 484 g/mol. The summed E-state index contributed by atoms with van der Waals surface area (Å²) in [4.78, 5) is 26.3. The Balaban J connectivity index is 1.17. The molecule has 0 saturated heterocycles. The van der Waals surface area contributed by atoms with E-state index in [-0.39, 0.29) is 24.6 Å². The zero-order valence-corrected chi connectivity index (χ0v) is 20.5. The number of carbonyl (C=O) groups excluding carboxylic acids is 2. The van der Waals surface area contributed by atoms with Crippen molar-refractivity contribution < 1.29 is 24.2 Å². The molecule has 6 nitrogen and oxygen atoms in total. The van der Waals surface area contributed by atoms with Gasteiger partial charge in [0.15, 0.2) is 0 Å². The molecule has 6 heteroatoms. The molecule has 0 aliphatic carbocycles. The smallest absolute Gasteiger partial charge is 0.338 e. The molecule has 0 fully saturated rings. The van der Waals surface area contributed by atoms with E-state index in [9.17, 15) is 14.7 Å². The summed E-state index contributed by atoms with van der Waals surface area (Å²) in [5, 5.41) is 11.0. The first-order valence-electron chi connectivity index (χ1n) is 12.5. The van der Waals surface area contributed by atoms with Gasteiger partial charge in [-0.1, -0.05) is 36.4 Å². The summed E-state index contributed by atoms with van der Waals surface area (Å²) in [6.45, 7) is 6.35. The molecule has 6 rings (SSSR count). The van der Waals surface area contributed by atoms with Crippen LogP contribution in [-0.4, -0.2) is 41.1 Å². The third kappa shape index (κ3) is 4.00. The van der Waals surface area contributed by atoms with E-state index in [2.05, 4.69) is 29.2 Å². The van der Waals surface area contributed by atoms with E-state index in [1.54, 1.807) is 6.07 Å². The molecule has 0 spiro atoms. The Morgan fingerprint density at radius 3 is 2.56 bits per heavy atom. The first-order chi connectivity index (χ1) is 17.4. The number of hydrogen-bond donors (Lipinski definition) is 1. The minimum atomic E-state index is -0.628. The molecule has 36 heavy (non-hydrogen) atoms. The van der Waals surface area contributed by atoms with Crippen LogP contribution in [-0.2, 0) is 35.5 Å². The predicted molar refractivity (Wildman–Crippen MR) is 135 cm³/mol. The second-order valence-corrected chi connectivity index (χ2v) is 10.2. The van der Waals surface area contributed by atoms with Crippen molar-refractivity contribution in [2.24, 2.45) is 0 Å². The lowest BCUT2D eigenvalue weighted by Crippen LogP contribution is -2.34. The van der Waals surface area contributed by atoms with Gasteiger partial charge in [0.05, 0.1) is 17.2 Å². The number of carbonyl (C=O) groups is 2. The quantitative estimate of drug-likeness (QED) is 0.550. The van der Waals surface area contributed by atoms with Crippen molar-refractivity contribution in [1.82, 2.24) is 4.90 Å². The van der Waals surface area contributed by atoms with Crippen LogP contribution in [0.3, 0.4) is 0 Å². The highest BCUT2D eigenvalue weighted by atomic mass is 16.5. The van der Waals surface area contributed by atoms with Crippen molar-refractivity contribution in [2.75, 3.05) is 13.1 Å². The molecule has 0 aromatic heterocycles. The number of ether oxygens (including phenoxy) is 2. The number of hydrogen-bond acceptors (Lipinski definition) is 6. The molecule has 0 bridgehead atoms. The number of β-amino-alcohol motifs (C(OH)–C–C–N with tert-alkyl or cyclic N) is 1. The average Bonchev–Trinajstić information content (AvgIpc) is 3.25. The maximum Gasteiger partial charge on any atom is 0.338 e. The highest BCUT2D eigenvalue weighted by molar-refractivity contribution is 5.94. The van der Waals surface area contributed by atoms with Gasteiger partial charge in [-0.3, -0.25) is 4.90 Å². The number of aliphatic hydroxyl groups is 1. The number of fused-ring (bicyclic) bond motifs is 3. The Kier molecular flexibility index (Phi) is 5.66.